The van der Waals surface area contributed by atoms with Crippen molar-refractivity contribution in [1.82, 2.24) is 10.2 Å². The Hall–Kier alpha value is -2.90. The van der Waals surface area contributed by atoms with Crippen LogP contribution in [0.3, 0.4) is 0 Å². The molecule has 8 heteroatoms. The van der Waals surface area contributed by atoms with E-state index in [-0.39, 0.29) is 11.8 Å². The van der Waals surface area contributed by atoms with Gasteiger partial charge >= 0.3 is 12.0 Å². The van der Waals surface area contributed by atoms with E-state index in [1.807, 2.05) is 19.9 Å². The zero-order valence-corrected chi connectivity index (χ0v) is 17.0. The first-order valence-electron chi connectivity index (χ1n) is 9.94. The predicted molar refractivity (Wildman–Crippen MR) is 106 cm³/mol. The lowest BCUT2D eigenvalue weighted by molar-refractivity contribution is -0.155. The Morgan fingerprint density at radius 1 is 1.34 bits per heavy atom. The first kappa shape index (κ1) is 20.8. The molecular formula is C21H27N3O5. The van der Waals surface area contributed by atoms with Gasteiger partial charge in [-0.05, 0) is 50.3 Å². The van der Waals surface area contributed by atoms with Crippen LogP contribution >= 0.6 is 0 Å². The monoisotopic (exact) mass is 401 g/mol. The van der Waals surface area contributed by atoms with Gasteiger partial charge in [-0.15, -0.1) is 0 Å². The van der Waals surface area contributed by atoms with Gasteiger partial charge in [-0.3, -0.25) is 19.3 Å². The number of nitrogens with one attached hydrogen (secondary N) is 2. The van der Waals surface area contributed by atoms with Gasteiger partial charge < -0.3 is 15.4 Å². The van der Waals surface area contributed by atoms with Gasteiger partial charge in [0.05, 0.1) is 0 Å². The molecule has 1 saturated heterocycles. The second-order valence-electron chi connectivity index (χ2n) is 7.93. The SMILES string of the molecule is Cc1cccc(NC(=O)[C@@H](C)OC(=O)CN2C(=O)N[C@]3(CCCC[C@@H]3C)C2=O)c1. The summed E-state index contributed by atoms with van der Waals surface area (Å²) in [5.41, 5.74) is 0.654. The standard InChI is InChI=1S/C21H27N3O5/c1-13-7-6-9-16(11-13)22-18(26)15(3)29-17(25)12-24-19(27)21(23-20(24)28)10-5-4-8-14(21)2/h6-7,9,11,14-15H,4-5,8,10,12H2,1-3H3,(H,22,26)(H,23,28)/t14-,15+,21-/m0/s1. The minimum atomic E-state index is -1.06. The van der Waals surface area contributed by atoms with E-state index in [0.717, 1.165) is 29.7 Å². The molecule has 3 rings (SSSR count). The van der Waals surface area contributed by atoms with Crippen molar-refractivity contribution in [3.63, 3.8) is 0 Å². The molecule has 0 bridgehead atoms. The smallest absolute Gasteiger partial charge is 0.327 e. The quantitative estimate of drug-likeness (QED) is 0.582. The zero-order chi connectivity index (χ0) is 21.2. The summed E-state index contributed by atoms with van der Waals surface area (Å²) >= 11 is 0. The van der Waals surface area contributed by atoms with Crippen LogP contribution in [0.2, 0.25) is 0 Å². The van der Waals surface area contributed by atoms with E-state index in [4.69, 9.17) is 4.74 Å². The van der Waals surface area contributed by atoms with Gasteiger partial charge in [0.25, 0.3) is 11.8 Å². The summed E-state index contributed by atoms with van der Waals surface area (Å²) in [5, 5.41) is 5.46. The largest absolute Gasteiger partial charge is 0.451 e. The van der Waals surface area contributed by atoms with Crippen molar-refractivity contribution in [3.05, 3.63) is 29.8 Å². The fourth-order valence-corrected chi connectivity index (χ4v) is 4.02. The van der Waals surface area contributed by atoms with Crippen molar-refractivity contribution in [2.24, 2.45) is 5.92 Å². The molecule has 1 aromatic rings. The minimum Gasteiger partial charge on any atom is -0.451 e. The van der Waals surface area contributed by atoms with Crippen LogP contribution in [0.4, 0.5) is 10.5 Å². The van der Waals surface area contributed by atoms with Crippen molar-refractivity contribution >= 4 is 29.5 Å². The number of rotatable bonds is 5. The Morgan fingerprint density at radius 2 is 2.10 bits per heavy atom. The molecule has 3 atom stereocenters. The summed E-state index contributed by atoms with van der Waals surface area (Å²) in [7, 11) is 0. The summed E-state index contributed by atoms with van der Waals surface area (Å²) in [6.07, 6.45) is 2.22. The second-order valence-corrected chi connectivity index (χ2v) is 7.93. The molecule has 1 aromatic carbocycles. The van der Waals surface area contributed by atoms with Gasteiger partial charge in [0, 0.05) is 5.69 Å². The van der Waals surface area contributed by atoms with Crippen LogP contribution < -0.4 is 10.6 Å². The molecule has 1 aliphatic carbocycles. The molecule has 1 heterocycles. The number of esters is 1. The third-order valence-electron chi connectivity index (χ3n) is 5.75. The van der Waals surface area contributed by atoms with Gasteiger partial charge in [0.1, 0.15) is 12.1 Å². The number of ether oxygens (including phenoxy) is 1. The number of benzene rings is 1. The lowest BCUT2D eigenvalue weighted by atomic mass is 9.73. The molecule has 2 aliphatic rings. The Labute approximate surface area is 170 Å². The minimum absolute atomic E-state index is 0.00718. The number of aryl methyl sites for hydroxylation is 1. The van der Waals surface area contributed by atoms with Crippen LogP contribution in [-0.2, 0) is 19.1 Å². The van der Waals surface area contributed by atoms with E-state index in [0.29, 0.717) is 12.1 Å². The fourth-order valence-electron chi connectivity index (χ4n) is 4.02. The summed E-state index contributed by atoms with van der Waals surface area (Å²) in [4.78, 5) is 50.7. The molecule has 1 aliphatic heterocycles. The van der Waals surface area contributed by atoms with Gasteiger partial charge in [0.2, 0.25) is 0 Å². The highest BCUT2D eigenvalue weighted by Gasteiger charge is 2.55. The fraction of sp³-hybridized carbons (Fsp3) is 0.524. The third kappa shape index (κ3) is 4.26. The lowest BCUT2D eigenvalue weighted by Gasteiger charge is -2.36. The zero-order valence-electron chi connectivity index (χ0n) is 17.0. The Bertz CT molecular complexity index is 839. The highest BCUT2D eigenvalue weighted by Crippen LogP contribution is 2.38. The van der Waals surface area contributed by atoms with Crippen molar-refractivity contribution in [3.8, 4) is 0 Å². The average Bonchev–Trinajstić information content (AvgIpc) is 2.89. The van der Waals surface area contributed by atoms with Gasteiger partial charge in [-0.1, -0.05) is 31.9 Å². The molecule has 0 radical (unpaired) electrons. The first-order chi connectivity index (χ1) is 13.7. The van der Waals surface area contributed by atoms with Crippen molar-refractivity contribution in [1.29, 1.82) is 0 Å². The summed E-state index contributed by atoms with van der Waals surface area (Å²) in [5.74, 6) is -1.67. The van der Waals surface area contributed by atoms with Gasteiger partial charge in [0.15, 0.2) is 6.10 Å². The highest BCUT2D eigenvalue weighted by atomic mass is 16.5. The molecule has 2 N–H and O–H groups in total. The van der Waals surface area contributed by atoms with Gasteiger partial charge in [-0.2, -0.15) is 0 Å². The van der Waals surface area contributed by atoms with Crippen molar-refractivity contribution < 1.29 is 23.9 Å². The molecule has 156 valence electrons. The number of imide groups is 1. The summed E-state index contributed by atoms with van der Waals surface area (Å²) < 4.78 is 5.15. The van der Waals surface area contributed by atoms with E-state index in [1.54, 1.807) is 18.2 Å². The van der Waals surface area contributed by atoms with E-state index < -0.39 is 36.1 Å². The maximum atomic E-state index is 12.9. The number of carbonyl (C=O) groups excluding carboxylic acids is 4. The molecule has 4 amide bonds. The Kier molecular flexibility index (Phi) is 5.91. The number of carbonyl (C=O) groups is 4. The molecule has 2 fully saturated rings. The number of hydrogen-bond acceptors (Lipinski definition) is 5. The number of anilines is 1. The number of hydrogen-bond donors (Lipinski definition) is 2. The molecule has 0 aromatic heterocycles. The van der Waals surface area contributed by atoms with Crippen LogP contribution in [0.25, 0.3) is 0 Å². The van der Waals surface area contributed by atoms with Crippen LogP contribution in [0.15, 0.2) is 24.3 Å². The summed E-state index contributed by atoms with van der Waals surface area (Å²) in [6, 6.07) is 6.65. The molecular weight excluding hydrogens is 374 g/mol. The number of nitrogens with zero attached hydrogens (tertiary/aromatic N) is 1. The van der Waals surface area contributed by atoms with Gasteiger partial charge in [-0.25, -0.2) is 4.79 Å². The second kappa shape index (κ2) is 8.23. The van der Waals surface area contributed by atoms with Crippen LogP contribution in [0.1, 0.15) is 45.1 Å². The summed E-state index contributed by atoms with van der Waals surface area (Å²) in [6.45, 7) is 4.77. The molecule has 8 nitrogen and oxygen atoms in total. The first-order valence-corrected chi connectivity index (χ1v) is 9.94. The maximum absolute atomic E-state index is 12.9. The van der Waals surface area contributed by atoms with Crippen molar-refractivity contribution in [2.45, 2.75) is 58.1 Å². The van der Waals surface area contributed by atoms with E-state index in [9.17, 15) is 19.2 Å². The van der Waals surface area contributed by atoms with E-state index in [2.05, 4.69) is 10.6 Å². The van der Waals surface area contributed by atoms with Crippen LogP contribution in [0.5, 0.6) is 0 Å². The number of amides is 4. The van der Waals surface area contributed by atoms with Crippen molar-refractivity contribution in [2.75, 3.05) is 11.9 Å². The number of urea groups is 1. The predicted octanol–water partition coefficient (Wildman–Crippen LogP) is 2.37. The normalized spacial score (nSPS) is 24.9. The van der Waals surface area contributed by atoms with E-state index >= 15 is 0 Å². The lowest BCUT2D eigenvalue weighted by Crippen LogP contribution is -2.54. The maximum Gasteiger partial charge on any atom is 0.327 e. The van der Waals surface area contributed by atoms with Crippen LogP contribution in [-0.4, -0.2) is 46.9 Å². The molecule has 29 heavy (non-hydrogen) atoms. The average molecular weight is 401 g/mol. The molecule has 1 saturated carbocycles. The molecule has 0 unspecified atom stereocenters. The Morgan fingerprint density at radius 3 is 2.79 bits per heavy atom. The third-order valence-corrected chi connectivity index (χ3v) is 5.75. The Balaban J connectivity index is 1.58. The molecule has 1 spiro atoms. The van der Waals surface area contributed by atoms with E-state index in [1.165, 1.54) is 6.92 Å². The van der Waals surface area contributed by atoms with Crippen LogP contribution in [0, 0.1) is 12.8 Å². The highest BCUT2D eigenvalue weighted by molar-refractivity contribution is 6.09. The topological polar surface area (TPSA) is 105 Å².